The Hall–Kier alpha value is -2.59. The lowest BCUT2D eigenvalue weighted by Crippen LogP contribution is -2.05. The Kier molecular flexibility index (Phi) is 5.33. The van der Waals surface area contributed by atoms with E-state index < -0.39 is 5.78 Å². The first-order valence-corrected chi connectivity index (χ1v) is 6.86. The molecule has 1 N–H and O–H groups in total. The molecule has 5 heteroatoms. The van der Waals surface area contributed by atoms with Crippen LogP contribution in [0.1, 0.15) is 11.1 Å². The molecule has 112 valence electrons. The van der Waals surface area contributed by atoms with Gasteiger partial charge in [-0.05, 0) is 23.3 Å². The molecule has 2 rings (SSSR count). The van der Waals surface area contributed by atoms with Crippen molar-refractivity contribution >= 4 is 34.2 Å². The number of oxime groups is 1. The number of ether oxygens (including phenoxy) is 1. The number of hydrogen-bond donors (Lipinski definition) is 1. The van der Waals surface area contributed by atoms with E-state index in [-0.39, 0.29) is 10.6 Å². The summed E-state index contributed by atoms with van der Waals surface area (Å²) in [6.45, 7) is 0. The van der Waals surface area contributed by atoms with E-state index in [2.05, 4.69) is 5.16 Å². The summed E-state index contributed by atoms with van der Waals surface area (Å²) < 4.78 is 5.10. The summed E-state index contributed by atoms with van der Waals surface area (Å²) in [6, 6.07) is 16.0. The number of halogens is 1. The molecule has 0 atom stereocenters. The highest BCUT2D eigenvalue weighted by Crippen LogP contribution is 2.30. The summed E-state index contributed by atoms with van der Waals surface area (Å²) in [4.78, 5) is 12.2. The maximum absolute atomic E-state index is 12.2. The molecular formula is C17H14ClNO3. The van der Waals surface area contributed by atoms with E-state index in [0.717, 1.165) is 6.21 Å². The van der Waals surface area contributed by atoms with Crippen LogP contribution < -0.4 is 4.74 Å². The van der Waals surface area contributed by atoms with Gasteiger partial charge in [0.25, 0.3) is 0 Å². The number of hydrogen-bond acceptors (Lipinski definition) is 4. The second kappa shape index (κ2) is 7.43. The van der Waals surface area contributed by atoms with Gasteiger partial charge in [0.15, 0.2) is 0 Å². The number of Topliss-reactive ketones (excluding diaryl/α,β-unsaturated/α-hetero) is 1. The van der Waals surface area contributed by atoms with Crippen LogP contribution in [0.4, 0.5) is 0 Å². The van der Waals surface area contributed by atoms with Crippen LogP contribution in [0.3, 0.4) is 0 Å². The standard InChI is InChI=1S/C17H14ClNO3/c1-22-14-9-7-12(8-10-14)16(15(20)11-19-21)17(18)13-5-3-2-4-6-13/h2-11,21H,1H3. The molecule has 0 aliphatic heterocycles. The third-order valence-corrected chi connectivity index (χ3v) is 3.45. The number of allylic oxidation sites excluding steroid dienone is 1. The van der Waals surface area contributed by atoms with Crippen molar-refractivity contribution in [1.82, 2.24) is 0 Å². The van der Waals surface area contributed by atoms with Gasteiger partial charge in [-0.25, -0.2) is 0 Å². The summed E-state index contributed by atoms with van der Waals surface area (Å²) in [7, 11) is 1.56. The third-order valence-electron chi connectivity index (χ3n) is 3.05. The fourth-order valence-electron chi connectivity index (χ4n) is 1.98. The Morgan fingerprint density at radius 2 is 1.73 bits per heavy atom. The van der Waals surface area contributed by atoms with Crippen LogP contribution in [0.25, 0.3) is 10.6 Å². The molecule has 0 amide bonds. The molecule has 0 aliphatic rings. The second-order valence-corrected chi connectivity index (χ2v) is 4.77. The van der Waals surface area contributed by atoms with Gasteiger partial charge in [-0.3, -0.25) is 4.79 Å². The minimum atomic E-state index is -0.485. The predicted molar refractivity (Wildman–Crippen MR) is 87.4 cm³/mol. The van der Waals surface area contributed by atoms with Gasteiger partial charge in [-0.1, -0.05) is 59.2 Å². The molecule has 22 heavy (non-hydrogen) atoms. The average molecular weight is 316 g/mol. The minimum Gasteiger partial charge on any atom is -0.497 e. The normalized spacial score (nSPS) is 12.1. The zero-order valence-corrected chi connectivity index (χ0v) is 12.6. The Labute approximate surface area is 133 Å². The van der Waals surface area contributed by atoms with Gasteiger partial charge < -0.3 is 9.94 Å². The number of methoxy groups -OCH3 is 1. The topological polar surface area (TPSA) is 58.9 Å². The molecule has 0 aromatic heterocycles. The summed E-state index contributed by atoms with van der Waals surface area (Å²) in [5.74, 6) is 0.184. The van der Waals surface area contributed by atoms with Crippen LogP contribution in [0.2, 0.25) is 0 Å². The first-order valence-electron chi connectivity index (χ1n) is 6.48. The highest BCUT2D eigenvalue weighted by molar-refractivity contribution is 6.62. The van der Waals surface area contributed by atoms with Gasteiger partial charge in [0.1, 0.15) is 12.0 Å². The Morgan fingerprint density at radius 1 is 1.09 bits per heavy atom. The van der Waals surface area contributed by atoms with E-state index in [1.165, 1.54) is 0 Å². The Morgan fingerprint density at radius 3 is 2.27 bits per heavy atom. The SMILES string of the molecule is COc1ccc(C(C(=O)C=NO)=C(Cl)c2ccccc2)cc1. The molecule has 0 saturated carbocycles. The summed E-state index contributed by atoms with van der Waals surface area (Å²) in [5, 5.41) is 11.7. The van der Waals surface area contributed by atoms with Crippen LogP contribution >= 0.6 is 11.6 Å². The first kappa shape index (κ1) is 15.8. The zero-order valence-electron chi connectivity index (χ0n) is 11.9. The summed E-state index contributed by atoms with van der Waals surface area (Å²) in [6.07, 6.45) is 0.824. The lowest BCUT2D eigenvalue weighted by Gasteiger charge is -2.09. The minimum absolute atomic E-state index is 0.258. The number of carbonyl (C=O) groups is 1. The molecule has 0 fully saturated rings. The lowest BCUT2D eigenvalue weighted by atomic mass is 9.99. The van der Waals surface area contributed by atoms with Crippen molar-refractivity contribution in [3.05, 3.63) is 65.7 Å². The van der Waals surface area contributed by atoms with Crippen molar-refractivity contribution in [2.75, 3.05) is 7.11 Å². The van der Waals surface area contributed by atoms with Crippen LogP contribution in [-0.2, 0) is 4.79 Å². The van der Waals surface area contributed by atoms with Gasteiger partial charge in [-0.15, -0.1) is 0 Å². The molecule has 0 unspecified atom stereocenters. The lowest BCUT2D eigenvalue weighted by molar-refractivity contribution is -0.107. The molecule has 0 spiro atoms. The largest absolute Gasteiger partial charge is 0.497 e. The quantitative estimate of drug-likeness (QED) is 0.300. The van der Waals surface area contributed by atoms with E-state index in [0.29, 0.717) is 16.9 Å². The van der Waals surface area contributed by atoms with Crippen molar-refractivity contribution in [2.45, 2.75) is 0 Å². The van der Waals surface area contributed by atoms with Crippen LogP contribution in [-0.4, -0.2) is 24.3 Å². The summed E-state index contributed by atoms with van der Waals surface area (Å²) >= 11 is 6.40. The maximum Gasteiger partial charge on any atom is 0.209 e. The molecule has 0 saturated heterocycles. The predicted octanol–water partition coefficient (Wildman–Crippen LogP) is 3.83. The van der Waals surface area contributed by atoms with Crippen LogP contribution in [0.15, 0.2) is 59.8 Å². The molecule has 0 bridgehead atoms. The Balaban J connectivity index is 2.58. The number of ketones is 1. The van der Waals surface area contributed by atoms with Gasteiger partial charge >= 0.3 is 0 Å². The van der Waals surface area contributed by atoms with Crippen LogP contribution in [0.5, 0.6) is 5.75 Å². The highest BCUT2D eigenvalue weighted by atomic mass is 35.5. The average Bonchev–Trinajstić information content (AvgIpc) is 2.56. The van der Waals surface area contributed by atoms with E-state index in [1.54, 1.807) is 43.5 Å². The van der Waals surface area contributed by atoms with Crippen LogP contribution in [0, 0.1) is 0 Å². The highest BCUT2D eigenvalue weighted by Gasteiger charge is 2.16. The molecule has 0 radical (unpaired) electrons. The Bertz CT molecular complexity index is 706. The maximum atomic E-state index is 12.2. The smallest absolute Gasteiger partial charge is 0.209 e. The van der Waals surface area contributed by atoms with Crippen molar-refractivity contribution in [3.63, 3.8) is 0 Å². The molecule has 0 aliphatic carbocycles. The molecule has 2 aromatic carbocycles. The van der Waals surface area contributed by atoms with Gasteiger partial charge in [0.2, 0.25) is 5.78 Å². The van der Waals surface area contributed by atoms with Gasteiger partial charge in [0.05, 0.1) is 17.7 Å². The van der Waals surface area contributed by atoms with Crippen molar-refractivity contribution in [1.29, 1.82) is 0 Å². The van der Waals surface area contributed by atoms with E-state index in [9.17, 15) is 4.79 Å². The van der Waals surface area contributed by atoms with Gasteiger partial charge in [-0.2, -0.15) is 0 Å². The fraction of sp³-hybridized carbons (Fsp3) is 0.0588. The number of nitrogens with zero attached hydrogens (tertiary/aromatic N) is 1. The van der Waals surface area contributed by atoms with E-state index in [4.69, 9.17) is 21.5 Å². The number of carbonyl (C=O) groups excluding carboxylic acids is 1. The fourth-order valence-corrected chi connectivity index (χ4v) is 2.31. The van der Waals surface area contributed by atoms with Crippen molar-refractivity contribution in [2.24, 2.45) is 5.16 Å². The molecule has 4 nitrogen and oxygen atoms in total. The molecule has 0 heterocycles. The zero-order chi connectivity index (χ0) is 15.9. The number of benzene rings is 2. The third kappa shape index (κ3) is 3.54. The van der Waals surface area contributed by atoms with Crippen molar-refractivity contribution in [3.8, 4) is 5.75 Å². The molecular weight excluding hydrogens is 302 g/mol. The molecule has 2 aromatic rings. The number of rotatable bonds is 5. The van der Waals surface area contributed by atoms with E-state index in [1.807, 2.05) is 18.2 Å². The van der Waals surface area contributed by atoms with Crippen molar-refractivity contribution < 1.29 is 14.7 Å². The second-order valence-electron chi connectivity index (χ2n) is 4.39. The first-order chi connectivity index (χ1) is 10.7. The summed E-state index contributed by atoms with van der Waals surface area (Å²) in [5.41, 5.74) is 1.57. The van der Waals surface area contributed by atoms with Gasteiger partial charge in [0, 0.05) is 0 Å². The van der Waals surface area contributed by atoms with E-state index >= 15 is 0 Å². The monoisotopic (exact) mass is 315 g/mol.